The van der Waals surface area contributed by atoms with Gasteiger partial charge in [0.2, 0.25) is 17.7 Å². The fourth-order valence-electron chi connectivity index (χ4n) is 7.04. The molecule has 1 unspecified atom stereocenters. The van der Waals surface area contributed by atoms with Crippen molar-refractivity contribution in [3.8, 4) is 5.75 Å². The first-order valence-corrected chi connectivity index (χ1v) is 18.1. The second-order valence-electron chi connectivity index (χ2n) is 14.3. The zero-order chi connectivity index (χ0) is 34.8. The van der Waals surface area contributed by atoms with Crippen molar-refractivity contribution in [1.29, 1.82) is 0 Å². The number of nitrogens with one attached hydrogen (secondary N) is 3. The maximum Gasteiger partial charge on any atom is 0.243 e. The molecule has 0 saturated heterocycles. The summed E-state index contributed by atoms with van der Waals surface area (Å²) >= 11 is 0. The van der Waals surface area contributed by atoms with Crippen LogP contribution >= 0.6 is 0 Å². The van der Waals surface area contributed by atoms with E-state index in [9.17, 15) is 18.8 Å². The Bertz CT molecular complexity index is 1400. The van der Waals surface area contributed by atoms with Gasteiger partial charge in [-0.1, -0.05) is 78.1 Å². The summed E-state index contributed by atoms with van der Waals surface area (Å²) in [7, 11) is 0. The van der Waals surface area contributed by atoms with Crippen molar-refractivity contribution in [3.63, 3.8) is 0 Å². The molecule has 1 aliphatic heterocycles. The predicted octanol–water partition coefficient (Wildman–Crippen LogP) is 7.01. The highest BCUT2D eigenvalue weighted by Crippen LogP contribution is 2.38. The van der Waals surface area contributed by atoms with Crippen molar-refractivity contribution >= 4 is 17.7 Å². The van der Waals surface area contributed by atoms with Crippen molar-refractivity contribution in [2.45, 2.75) is 117 Å². The lowest BCUT2D eigenvalue weighted by atomic mass is 9.77. The summed E-state index contributed by atoms with van der Waals surface area (Å²) in [4.78, 5) is 41.1. The summed E-state index contributed by atoms with van der Waals surface area (Å²) in [5.74, 6) is -2.10. The number of carbonyl (C=O) groups excluding carboxylic acids is 3. The zero-order valence-corrected chi connectivity index (χ0v) is 29.4. The molecule has 0 spiro atoms. The van der Waals surface area contributed by atoms with E-state index in [2.05, 4.69) is 16.0 Å². The molecule has 2 aliphatic rings. The van der Waals surface area contributed by atoms with E-state index in [0.29, 0.717) is 51.5 Å². The molecule has 1 heterocycles. The number of carbonyl (C=O) groups is 3. The van der Waals surface area contributed by atoms with Crippen LogP contribution in [0.2, 0.25) is 0 Å². The lowest BCUT2D eigenvalue weighted by Crippen LogP contribution is -2.56. The van der Waals surface area contributed by atoms with Crippen LogP contribution in [0.3, 0.4) is 0 Å². The van der Waals surface area contributed by atoms with E-state index in [-0.39, 0.29) is 53.7 Å². The topological polar surface area (TPSA) is 96.5 Å². The van der Waals surface area contributed by atoms with E-state index in [1.165, 1.54) is 6.07 Å². The molecule has 2 aromatic carbocycles. The van der Waals surface area contributed by atoms with Crippen LogP contribution in [0.5, 0.6) is 5.75 Å². The molecule has 1 aliphatic carbocycles. The van der Waals surface area contributed by atoms with Crippen molar-refractivity contribution in [1.82, 2.24) is 16.0 Å². The molecule has 9 heteroatoms. The van der Waals surface area contributed by atoms with Gasteiger partial charge < -0.3 is 20.7 Å². The molecule has 1 saturated carbocycles. The summed E-state index contributed by atoms with van der Waals surface area (Å²) < 4.78 is 36.4. The summed E-state index contributed by atoms with van der Waals surface area (Å²) in [6.45, 7) is 10.4. The van der Waals surface area contributed by atoms with Gasteiger partial charge in [0, 0.05) is 12.5 Å². The number of rotatable bonds is 7. The Balaban J connectivity index is 1.66. The highest BCUT2D eigenvalue weighted by atomic mass is 19.1. The third-order valence-corrected chi connectivity index (χ3v) is 10.1. The lowest BCUT2D eigenvalue weighted by molar-refractivity contribution is -0.135. The van der Waals surface area contributed by atoms with Crippen LogP contribution in [0.4, 0.5) is 8.78 Å². The lowest BCUT2D eigenvalue weighted by Gasteiger charge is -2.31. The Hall–Kier alpha value is -3.49. The molecule has 0 radical (unpaired) electrons. The second kappa shape index (κ2) is 17.8. The average Bonchev–Trinajstić information content (AvgIpc) is 3.02. The first kappa shape index (κ1) is 37.3. The fraction of sp³-hybridized carbons (Fsp3) is 0.615. The number of hydrogen-bond donors (Lipinski definition) is 3. The number of amides is 3. The van der Waals surface area contributed by atoms with Crippen LogP contribution in [-0.4, -0.2) is 43.0 Å². The number of aryl methyl sites for hydroxylation is 1. The van der Waals surface area contributed by atoms with Crippen molar-refractivity contribution in [2.24, 2.45) is 23.7 Å². The SMILES string of the molecule is CCC[C@@H]1NC(=O)[C@@H](C(C)C)NC(=O)[C@@H](Cc2ccc(C3CCC3)c(F)c2)C(CC)C[C@@H](C)COc2c(F)cccc2CCCNC1=O. The molecule has 264 valence electrons. The molecule has 0 aromatic heterocycles. The molecule has 5 atom stereocenters. The van der Waals surface area contributed by atoms with Crippen molar-refractivity contribution in [2.75, 3.05) is 13.2 Å². The minimum atomic E-state index is -0.859. The summed E-state index contributed by atoms with van der Waals surface area (Å²) in [5, 5.41) is 8.86. The first-order valence-electron chi connectivity index (χ1n) is 18.1. The molecule has 0 bridgehead atoms. The normalized spacial score (nSPS) is 25.3. The van der Waals surface area contributed by atoms with Crippen LogP contribution in [0.15, 0.2) is 36.4 Å². The van der Waals surface area contributed by atoms with Crippen molar-refractivity contribution < 1.29 is 27.9 Å². The summed E-state index contributed by atoms with van der Waals surface area (Å²) in [6, 6.07) is 8.62. The van der Waals surface area contributed by atoms with Crippen LogP contribution in [-0.2, 0) is 27.2 Å². The number of benzene rings is 2. The average molecular weight is 668 g/mol. The highest BCUT2D eigenvalue weighted by Gasteiger charge is 2.34. The maximum absolute atomic E-state index is 15.3. The largest absolute Gasteiger partial charge is 0.490 e. The molecular weight excluding hydrogens is 612 g/mol. The Morgan fingerprint density at radius 2 is 1.71 bits per heavy atom. The molecule has 2 aromatic rings. The van der Waals surface area contributed by atoms with Crippen LogP contribution in [0, 0.1) is 35.3 Å². The van der Waals surface area contributed by atoms with Gasteiger partial charge in [-0.25, -0.2) is 8.78 Å². The number of ether oxygens (including phenoxy) is 1. The molecule has 48 heavy (non-hydrogen) atoms. The quantitative estimate of drug-likeness (QED) is 0.296. The third-order valence-electron chi connectivity index (χ3n) is 10.1. The summed E-state index contributed by atoms with van der Waals surface area (Å²) in [5.41, 5.74) is 2.20. The van der Waals surface area contributed by atoms with Gasteiger partial charge in [-0.2, -0.15) is 0 Å². The zero-order valence-electron chi connectivity index (χ0n) is 29.4. The van der Waals surface area contributed by atoms with E-state index >= 15 is 4.39 Å². The van der Waals surface area contributed by atoms with E-state index in [4.69, 9.17) is 4.74 Å². The van der Waals surface area contributed by atoms with Gasteiger partial charge in [-0.05, 0) is 97.4 Å². The van der Waals surface area contributed by atoms with E-state index < -0.39 is 29.7 Å². The molecule has 3 N–H and O–H groups in total. The number of halogens is 2. The van der Waals surface area contributed by atoms with Crippen LogP contribution in [0.1, 0.15) is 109 Å². The second-order valence-corrected chi connectivity index (χ2v) is 14.3. The minimum absolute atomic E-state index is 0.0178. The maximum atomic E-state index is 15.3. The number of hydrogen-bond acceptors (Lipinski definition) is 4. The third kappa shape index (κ3) is 9.79. The minimum Gasteiger partial charge on any atom is -0.490 e. The first-order chi connectivity index (χ1) is 23.0. The van der Waals surface area contributed by atoms with E-state index in [1.807, 2.05) is 52.8 Å². The highest BCUT2D eigenvalue weighted by molar-refractivity contribution is 5.92. The smallest absolute Gasteiger partial charge is 0.243 e. The van der Waals surface area contributed by atoms with Gasteiger partial charge in [0.05, 0.1) is 6.61 Å². The van der Waals surface area contributed by atoms with E-state index in [0.717, 1.165) is 36.0 Å². The Morgan fingerprint density at radius 3 is 2.35 bits per heavy atom. The predicted molar refractivity (Wildman–Crippen MR) is 185 cm³/mol. The van der Waals surface area contributed by atoms with E-state index in [1.54, 1.807) is 12.1 Å². The van der Waals surface area contributed by atoms with Crippen LogP contribution < -0.4 is 20.7 Å². The van der Waals surface area contributed by atoms with Gasteiger partial charge in [-0.15, -0.1) is 0 Å². The Labute approximate surface area is 285 Å². The van der Waals surface area contributed by atoms with Gasteiger partial charge in [0.1, 0.15) is 17.9 Å². The van der Waals surface area contributed by atoms with Gasteiger partial charge in [-0.3, -0.25) is 14.4 Å². The molecule has 1 fully saturated rings. The Kier molecular flexibility index (Phi) is 13.8. The standard InChI is InChI=1S/C39H55F2N3O4/c1-6-11-34-38(46)42-19-10-15-29-14-9-16-32(40)36(29)48-23-25(5)20-27(7-2)31(37(45)44-35(24(3)4)39(47)43-34)21-26-17-18-30(33(41)22-26)28-12-8-13-28/h9,14,16-18,22,24-25,27-28,31,34-35H,6-8,10-13,15,19-21,23H2,1-5H3,(H,42,46)(H,43,47)(H,44,45)/t25-,27?,31+,34+,35-/m1/s1. The van der Waals surface area contributed by atoms with Crippen LogP contribution in [0.25, 0.3) is 0 Å². The van der Waals surface area contributed by atoms with Crippen molar-refractivity contribution in [3.05, 3.63) is 64.7 Å². The van der Waals surface area contributed by atoms with Gasteiger partial charge >= 0.3 is 0 Å². The molecule has 7 nitrogen and oxygen atoms in total. The summed E-state index contributed by atoms with van der Waals surface area (Å²) in [6.07, 6.45) is 6.90. The monoisotopic (exact) mass is 667 g/mol. The number of fused-ring (bicyclic) bond motifs is 1. The van der Waals surface area contributed by atoms with Gasteiger partial charge in [0.25, 0.3) is 0 Å². The fourth-order valence-corrected chi connectivity index (χ4v) is 7.04. The molecular formula is C39H55F2N3O4. The number of para-hydroxylation sites is 1. The molecule has 3 amide bonds. The van der Waals surface area contributed by atoms with Gasteiger partial charge in [0.15, 0.2) is 11.6 Å². The molecule has 4 rings (SSSR count). The Morgan fingerprint density at radius 1 is 0.938 bits per heavy atom.